The molecule has 1 saturated carbocycles. The normalized spacial score (nSPS) is 23.2. The van der Waals surface area contributed by atoms with Gasteiger partial charge < -0.3 is 10.2 Å². The second-order valence-corrected chi connectivity index (χ2v) is 9.71. The molecule has 1 saturated heterocycles. The summed E-state index contributed by atoms with van der Waals surface area (Å²) in [6.07, 6.45) is 10.2. The van der Waals surface area contributed by atoms with Crippen LogP contribution in [0, 0.1) is 11.8 Å². The van der Waals surface area contributed by atoms with Crippen LogP contribution < -0.4 is 5.32 Å². The van der Waals surface area contributed by atoms with Crippen LogP contribution in [0.2, 0.25) is 0 Å². The van der Waals surface area contributed by atoms with Gasteiger partial charge in [0.15, 0.2) is 0 Å². The van der Waals surface area contributed by atoms with Crippen molar-refractivity contribution in [3.8, 4) is 11.1 Å². The van der Waals surface area contributed by atoms with Gasteiger partial charge in [-0.05, 0) is 56.2 Å². The fourth-order valence-corrected chi connectivity index (χ4v) is 5.04. The van der Waals surface area contributed by atoms with Gasteiger partial charge in [-0.1, -0.05) is 13.8 Å². The highest BCUT2D eigenvalue weighted by atomic mass is 16.2. The van der Waals surface area contributed by atoms with Crippen LogP contribution in [0.3, 0.4) is 0 Å². The minimum atomic E-state index is -0.202. The minimum Gasteiger partial charge on any atom is -0.356 e. The molecule has 2 aromatic heterocycles. The second-order valence-electron chi connectivity index (χ2n) is 9.71. The molecule has 0 aromatic carbocycles. The lowest BCUT2D eigenvalue weighted by molar-refractivity contribution is -0.128. The Bertz CT molecular complexity index is 970. The molecule has 176 valence electrons. The van der Waals surface area contributed by atoms with E-state index in [0.29, 0.717) is 37.9 Å². The van der Waals surface area contributed by atoms with Crippen molar-refractivity contribution >= 4 is 11.8 Å². The highest BCUT2D eigenvalue weighted by Gasteiger charge is 2.34. The van der Waals surface area contributed by atoms with Crippen molar-refractivity contribution in [2.24, 2.45) is 11.8 Å². The third kappa shape index (κ3) is 5.40. The average molecular weight is 450 g/mol. The van der Waals surface area contributed by atoms with Gasteiger partial charge in [0, 0.05) is 62.0 Å². The second kappa shape index (κ2) is 10.4. The monoisotopic (exact) mass is 449 g/mol. The molecule has 1 N–H and O–H groups in total. The Hall–Kier alpha value is -2.83. The molecule has 1 aliphatic carbocycles. The zero-order chi connectivity index (χ0) is 23.4. The number of rotatable bonds is 7. The summed E-state index contributed by atoms with van der Waals surface area (Å²) in [5.41, 5.74) is 3.35. The van der Waals surface area contributed by atoms with Gasteiger partial charge in [-0.2, -0.15) is 0 Å². The zero-order valence-electron chi connectivity index (χ0n) is 20.0. The Kier molecular flexibility index (Phi) is 7.36. The molecule has 1 aliphatic heterocycles. The van der Waals surface area contributed by atoms with Gasteiger partial charge in [-0.15, -0.1) is 0 Å². The first kappa shape index (κ1) is 23.3. The van der Waals surface area contributed by atoms with E-state index in [9.17, 15) is 9.59 Å². The molecule has 1 unspecified atom stereocenters. The molecule has 1 atom stereocenters. The van der Waals surface area contributed by atoms with Crippen molar-refractivity contribution in [2.75, 3.05) is 19.6 Å². The first-order valence-corrected chi connectivity index (χ1v) is 12.3. The number of pyridine rings is 1. The van der Waals surface area contributed by atoms with Gasteiger partial charge in [0.05, 0.1) is 11.6 Å². The van der Waals surface area contributed by atoms with Gasteiger partial charge in [0.1, 0.15) is 5.82 Å². The Morgan fingerprint density at radius 1 is 1.18 bits per heavy atom. The summed E-state index contributed by atoms with van der Waals surface area (Å²) in [7, 11) is 0. The Morgan fingerprint density at radius 2 is 1.91 bits per heavy atom. The van der Waals surface area contributed by atoms with Gasteiger partial charge in [-0.25, -0.2) is 9.97 Å². The fraction of sp³-hybridized carbons (Fsp3) is 0.577. The van der Waals surface area contributed by atoms with Crippen LogP contribution in [0.5, 0.6) is 0 Å². The highest BCUT2D eigenvalue weighted by Crippen LogP contribution is 2.39. The summed E-state index contributed by atoms with van der Waals surface area (Å²) in [6.45, 7) is 8.14. The number of likely N-dealkylation sites (tertiary alicyclic amines) is 1. The quantitative estimate of drug-likeness (QED) is 0.692. The molecule has 2 aliphatic rings. The number of hydrogen-bond donors (Lipinski definition) is 1. The van der Waals surface area contributed by atoms with E-state index in [1.54, 1.807) is 4.90 Å². The number of aromatic nitrogens is 3. The number of carbonyl (C=O) groups is 2. The first-order valence-electron chi connectivity index (χ1n) is 12.3. The standard InChI is InChI=1S/C26H35N5O2/c1-4-31-16-21(13-23(31)32)26(33)29-14-18-5-7-20(8-6-18)24-22(19-9-11-27-12-10-19)15-28-25(30-24)17(2)3/h9-12,15,17-18,20-21H,4-8,13-14,16H2,1-3H3,(H,29,33). The average Bonchev–Trinajstić information content (AvgIpc) is 3.23. The van der Waals surface area contributed by atoms with E-state index in [-0.39, 0.29) is 23.7 Å². The van der Waals surface area contributed by atoms with E-state index in [2.05, 4.69) is 29.1 Å². The Morgan fingerprint density at radius 3 is 2.55 bits per heavy atom. The Labute approximate surface area is 196 Å². The third-order valence-corrected chi connectivity index (χ3v) is 7.11. The maximum Gasteiger partial charge on any atom is 0.225 e. The van der Waals surface area contributed by atoms with Crippen LogP contribution in [0.15, 0.2) is 30.7 Å². The summed E-state index contributed by atoms with van der Waals surface area (Å²) in [5.74, 6) is 1.96. The summed E-state index contributed by atoms with van der Waals surface area (Å²) in [4.78, 5) is 40.0. The molecule has 33 heavy (non-hydrogen) atoms. The van der Waals surface area contributed by atoms with E-state index >= 15 is 0 Å². The van der Waals surface area contributed by atoms with Crippen LogP contribution in [0.4, 0.5) is 0 Å². The molecule has 0 radical (unpaired) electrons. The van der Waals surface area contributed by atoms with E-state index in [4.69, 9.17) is 4.98 Å². The van der Waals surface area contributed by atoms with Gasteiger partial charge in [-0.3, -0.25) is 14.6 Å². The molecule has 3 heterocycles. The number of amides is 2. The lowest BCUT2D eigenvalue weighted by Gasteiger charge is -2.30. The van der Waals surface area contributed by atoms with Crippen LogP contribution in [-0.4, -0.2) is 51.3 Å². The van der Waals surface area contributed by atoms with E-state index < -0.39 is 0 Å². The van der Waals surface area contributed by atoms with E-state index in [1.807, 2.05) is 37.6 Å². The van der Waals surface area contributed by atoms with Crippen LogP contribution >= 0.6 is 0 Å². The summed E-state index contributed by atoms with van der Waals surface area (Å²) in [6, 6.07) is 4.04. The lowest BCUT2D eigenvalue weighted by atomic mass is 9.79. The summed E-state index contributed by atoms with van der Waals surface area (Å²) in [5, 5.41) is 3.13. The molecule has 0 bridgehead atoms. The number of nitrogens with one attached hydrogen (secondary N) is 1. The van der Waals surface area contributed by atoms with E-state index in [1.165, 1.54) is 0 Å². The molecular formula is C26H35N5O2. The van der Waals surface area contributed by atoms with Crippen LogP contribution in [0.25, 0.3) is 11.1 Å². The molecule has 0 spiro atoms. The van der Waals surface area contributed by atoms with Gasteiger partial charge >= 0.3 is 0 Å². The topological polar surface area (TPSA) is 88.1 Å². The van der Waals surface area contributed by atoms with Crippen LogP contribution in [0.1, 0.15) is 76.2 Å². The predicted molar refractivity (Wildman–Crippen MR) is 127 cm³/mol. The molecule has 4 rings (SSSR count). The SMILES string of the molecule is CCN1CC(C(=O)NCC2CCC(c3nc(C(C)C)ncc3-c3ccncc3)CC2)CC1=O. The molecule has 2 amide bonds. The maximum absolute atomic E-state index is 12.6. The van der Waals surface area contributed by atoms with E-state index in [0.717, 1.165) is 48.3 Å². The molecular weight excluding hydrogens is 414 g/mol. The number of nitrogens with zero attached hydrogens (tertiary/aromatic N) is 4. The lowest BCUT2D eigenvalue weighted by Crippen LogP contribution is -2.36. The first-order chi connectivity index (χ1) is 16.0. The van der Waals surface area contributed by atoms with Crippen molar-refractivity contribution < 1.29 is 9.59 Å². The number of hydrogen-bond acceptors (Lipinski definition) is 5. The van der Waals surface area contributed by atoms with Crippen molar-refractivity contribution in [3.05, 3.63) is 42.2 Å². The highest BCUT2D eigenvalue weighted by molar-refractivity contribution is 5.89. The van der Waals surface area contributed by atoms with Crippen molar-refractivity contribution in [1.82, 2.24) is 25.2 Å². The van der Waals surface area contributed by atoms with Crippen molar-refractivity contribution in [3.63, 3.8) is 0 Å². The van der Waals surface area contributed by atoms with Gasteiger partial charge in [0.2, 0.25) is 11.8 Å². The zero-order valence-corrected chi connectivity index (χ0v) is 20.0. The van der Waals surface area contributed by atoms with Crippen LogP contribution in [-0.2, 0) is 9.59 Å². The maximum atomic E-state index is 12.6. The minimum absolute atomic E-state index is 0.0266. The molecule has 7 heteroatoms. The summed E-state index contributed by atoms with van der Waals surface area (Å²) < 4.78 is 0. The Balaban J connectivity index is 1.37. The molecule has 2 aromatic rings. The number of carbonyl (C=O) groups excluding carboxylic acids is 2. The van der Waals surface area contributed by atoms with Gasteiger partial charge in [0.25, 0.3) is 0 Å². The third-order valence-electron chi connectivity index (χ3n) is 7.11. The largest absolute Gasteiger partial charge is 0.356 e. The fourth-order valence-electron chi connectivity index (χ4n) is 5.04. The smallest absolute Gasteiger partial charge is 0.225 e. The molecule has 2 fully saturated rings. The summed E-state index contributed by atoms with van der Waals surface area (Å²) >= 11 is 0. The van der Waals surface area contributed by atoms with Crippen molar-refractivity contribution in [1.29, 1.82) is 0 Å². The molecule has 7 nitrogen and oxygen atoms in total. The van der Waals surface area contributed by atoms with Crippen molar-refractivity contribution in [2.45, 2.75) is 64.7 Å². The predicted octanol–water partition coefficient (Wildman–Crippen LogP) is 3.92.